The second-order valence-electron chi connectivity index (χ2n) is 6.55. The average molecular weight is 386 g/mol. The molecule has 26 heavy (non-hydrogen) atoms. The first-order valence-electron chi connectivity index (χ1n) is 8.75. The number of aryl methyl sites for hydroxylation is 1. The first-order valence-corrected chi connectivity index (χ1v) is 10.4. The predicted molar refractivity (Wildman–Crippen MR) is 111 cm³/mol. The van der Waals surface area contributed by atoms with Crippen molar-refractivity contribution in [2.45, 2.75) is 50.3 Å². The Labute approximate surface area is 162 Å². The van der Waals surface area contributed by atoms with Crippen molar-refractivity contribution >= 4 is 39.2 Å². The number of thioether (sulfide) groups is 1. The van der Waals surface area contributed by atoms with Crippen molar-refractivity contribution in [3.63, 3.8) is 0 Å². The molecule has 0 aliphatic heterocycles. The molecular weight excluding hydrogens is 362 g/mol. The molecule has 1 atom stereocenters. The molecule has 0 aliphatic rings. The van der Waals surface area contributed by atoms with Crippen LogP contribution in [0.2, 0.25) is 0 Å². The molecule has 3 rings (SSSR count). The van der Waals surface area contributed by atoms with Crippen molar-refractivity contribution in [1.82, 2.24) is 9.97 Å². The molecule has 2 aromatic heterocycles. The third kappa shape index (κ3) is 3.62. The molecule has 4 nitrogen and oxygen atoms in total. The maximum Gasteiger partial charge on any atom is 0.230 e. The molecule has 6 heteroatoms. The van der Waals surface area contributed by atoms with Crippen LogP contribution in [-0.2, 0) is 11.2 Å². The lowest BCUT2D eigenvalue weighted by Crippen LogP contribution is -2.22. The highest BCUT2D eigenvalue weighted by Gasteiger charge is 2.21. The summed E-state index contributed by atoms with van der Waals surface area (Å²) in [5, 5.41) is 1.51. The first kappa shape index (κ1) is 18.9. The molecule has 0 aliphatic carbocycles. The highest BCUT2D eigenvalue weighted by Crippen LogP contribution is 2.42. The van der Waals surface area contributed by atoms with Crippen LogP contribution in [0.3, 0.4) is 0 Å². The highest BCUT2D eigenvalue weighted by molar-refractivity contribution is 8.00. The van der Waals surface area contributed by atoms with E-state index in [1.54, 1.807) is 17.7 Å². The summed E-state index contributed by atoms with van der Waals surface area (Å²) in [6.07, 6.45) is 2.50. The average Bonchev–Trinajstić information content (AvgIpc) is 3.01. The van der Waals surface area contributed by atoms with Crippen molar-refractivity contribution in [3.05, 3.63) is 41.0 Å². The Bertz CT molecular complexity index is 932. The smallest absolute Gasteiger partial charge is 0.230 e. The SMILES string of the molecule is CCc1sc2ncnc(SC(C)C(N)=O)c2c1-c1ccc(C(C)C)cc1. The van der Waals surface area contributed by atoms with Crippen LogP contribution in [-0.4, -0.2) is 21.1 Å². The van der Waals surface area contributed by atoms with Gasteiger partial charge in [-0.3, -0.25) is 4.79 Å². The van der Waals surface area contributed by atoms with Crippen LogP contribution < -0.4 is 5.73 Å². The number of aromatic nitrogens is 2. The maximum atomic E-state index is 11.5. The van der Waals surface area contributed by atoms with Crippen LogP contribution in [0.1, 0.15) is 44.1 Å². The van der Waals surface area contributed by atoms with E-state index >= 15 is 0 Å². The number of carbonyl (C=O) groups excluding carboxylic acids is 1. The van der Waals surface area contributed by atoms with Crippen LogP contribution in [0.4, 0.5) is 0 Å². The zero-order valence-electron chi connectivity index (χ0n) is 15.4. The van der Waals surface area contributed by atoms with Gasteiger partial charge in [0.2, 0.25) is 5.91 Å². The third-order valence-electron chi connectivity index (χ3n) is 4.40. The standard InChI is InChI=1S/C20H23N3OS2/c1-5-15-16(14-8-6-13(7-9-14)11(2)3)17-19(25-12(4)18(21)24)22-10-23-20(17)26-15/h6-12H,5H2,1-4H3,(H2,21,24). The number of nitrogens with two attached hydrogens (primary N) is 1. The van der Waals surface area contributed by atoms with Crippen molar-refractivity contribution in [2.24, 2.45) is 5.73 Å². The van der Waals surface area contributed by atoms with Gasteiger partial charge in [-0.05, 0) is 30.4 Å². The van der Waals surface area contributed by atoms with E-state index in [1.807, 2.05) is 6.92 Å². The van der Waals surface area contributed by atoms with Gasteiger partial charge >= 0.3 is 0 Å². The lowest BCUT2D eigenvalue weighted by molar-refractivity contribution is -0.117. The second-order valence-corrected chi connectivity index (χ2v) is 8.97. The van der Waals surface area contributed by atoms with Gasteiger partial charge in [0, 0.05) is 10.4 Å². The molecule has 1 aromatic carbocycles. The number of nitrogens with zero attached hydrogens (tertiary/aromatic N) is 2. The summed E-state index contributed by atoms with van der Waals surface area (Å²) in [5.41, 5.74) is 9.12. The van der Waals surface area contributed by atoms with Crippen molar-refractivity contribution in [2.75, 3.05) is 0 Å². The fourth-order valence-corrected chi connectivity index (χ4v) is 4.90. The van der Waals surface area contributed by atoms with E-state index < -0.39 is 0 Å². The monoisotopic (exact) mass is 385 g/mol. The van der Waals surface area contributed by atoms with Gasteiger partial charge in [-0.2, -0.15) is 0 Å². The van der Waals surface area contributed by atoms with Gasteiger partial charge in [0.05, 0.1) is 10.6 Å². The van der Waals surface area contributed by atoms with E-state index in [-0.39, 0.29) is 11.2 Å². The van der Waals surface area contributed by atoms with E-state index in [9.17, 15) is 4.79 Å². The molecule has 0 saturated carbocycles. The molecule has 136 valence electrons. The molecule has 0 radical (unpaired) electrons. The topological polar surface area (TPSA) is 68.9 Å². The van der Waals surface area contributed by atoms with Crippen LogP contribution in [0.25, 0.3) is 21.3 Å². The summed E-state index contributed by atoms with van der Waals surface area (Å²) in [6.45, 7) is 8.36. The van der Waals surface area contributed by atoms with Crippen LogP contribution >= 0.6 is 23.1 Å². The lowest BCUT2D eigenvalue weighted by atomic mass is 9.97. The summed E-state index contributed by atoms with van der Waals surface area (Å²) >= 11 is 3.10. The van der Waals surface area contributed by atoms with Gasteiger partial charge in [0.25, 0.3) is 0 Å². The largest absolute Gasteiger partial charge is 0.369 e. The fourth-order valence-electron chi connectivity index (χ4n) is 2.86. The fraction of sp³-hybridized carbons (Fsp3) is 0.350. The predicted octanol–water partition coefficient (Wildman–Crippen LogP) is 5.01. The quantitative estimate of drug-likeness (QED) is 0.478. The number of thiophene rings is 1. The van der Waals surface area contributed by atoms with Crippen molar-refractivity contribution in [3.8, 4) is 11.1 Å². The number of amides is 1. The summed E-state index contributed by atoms with van der Waals surface area (Å²) < 4.78 is 0. The molecule has 0 bridgehead atoms. The lowest BCUT2D eigenvalue weighted by Gasteiger charge is -2.11. The number of carbonyl (C=O) groups is 1. The summed E-state index contributed by atoms with van der Waals surface area (Å²) in [7, 11) is 0. The van der Waals surface area contributed by atoms with Gasteiger partial charge in [-0.25, -0.2) is 9.97 Å². The van der Waals surface area contributed by atoms with Crippen LogP contribution in [0.15, 0.2) is 35.6 Å². The molecule has 3 aromatic rings. The molecule has 2 N–H and O–H groups in total. The van der Waals surface area contributed by atoms with E-state index in [0.717, 1.165) is 21.7 Å². The number of benzene rings is 1. The van der Waals surface area contributed by atoms with E-state index in [2.05, 4.69) is 55.0 Å². The molecule has 0 fully saturated rings. The second kappa shape index (κ2) is 7.76. The molecular formula is C20H23N3OS2. The molecule has 1 amide bonds. The summed E-state index contributed by atoms with van der Waals surface area (Å²) in [5.74, 6) is 0.162. The van der Waals surface area contributed by atoms with Gasteiger partial charge in [0.15, 0.2) is 0 Å². The van der Waals surface area contributed by atoms with E-state index in [4.69, 9.17) is 5.73 Å². The van der Waals surface area contributed by atoms with Gasteiger partial charge < -0.3 is 5.73 Å². The maximum absolute atomic E-state index is 11.5. The Kier molecular flexibility index (Phi) is 5.63. The Morgan fingerprint density at radius 2 is 1.88 bits per heavy atom. The molecule has 0 spiro atoms. The Balaban J connectivity index is 2.18. The molecule has 1 unspecified atom stereocenters. The minimum absolute atomic E-state index is 0.337. The summed E-state index contributed by atoms with van der Waals surface area (Å²) in [6, 6.07) is 8.72. The van der Waals surface area contributed by atoms with Gasteiger partial charge in [0.1, 0.15) is 16.2 Å². The molecule has 0 saturated heterocycles. The van der Waals surface area contributed by atoms with Crippen molar-refractivity contribution < 1.29 is 4.79 Å². The number of primary amides is 1. The Morgan fingerprint density at radius 1 is 1.19 bits per heavy atom. The highest BCUT2D eigenvalue weighted by atomic mass is 32.2. The Hall–Kier alpha value is -1.92. The normalized spacial score (nSPS) is 12.7. The number of rotatable bonds is 6. The van der Waals surface area contributed by atoms with Crippen LogP contribution in [0.5, 0.6) is 0 Å². The minimum Gasteiger partial charge on any atom is -0.369 e. The third-order valence-corrected chi connectivity index (χ3v) is 6.76. The zero-order chi connectivity index (χ0) is 18.8. The van der Waals surface area contributed by atoms with E-state index in [1.165, 1.54) is 33.3 Å². The summed E-state index contributed by atoms with van der Waals surface area (Å²) in [4.78, 5) is 22.7. The van der Waals surface area contributed by atoms with Gasteiger partial charge in [-0.1, -0.05) is 56.8 Å². The number of hydrogen-bond donors (Lipinski definition) is 1. The number of hydrogen-bond acceptors (Lipinski definition) is 5. The van der Waals surface area contributed by atoms with Crippen molar-refractivity contribution in [1.29, 1.82) is 0 Å². The van der Waals surface area contributed by atoms with Crippen LogP contribution in [0, 0.1) is 0 Å². The number of fused-ring (bicyclic) bond motifs is 1. The first-order chi connectivity index (χ1) is 12.4. The van der Waals surface area contributed by atoms with Gasteiger partial charge in [-0.15, -0.1) is 11.3 Å². The zero-order valence-corrected chi connectivity index (χ0v) is 17.1. The Morgan fingerprint density at radius 3 is 2.46 bits per heavy atom. The van der Waals surface area contributed by atoms with E-state index in [0.29, 0.717) is 5.92 Å². The minimum atomic E-state index is -0.339. The molecule has 2 heterocycles.